The number of hydrogen-bond acceptors (Lipinski definition) is 3. The zero-order valence-electron chi connectivity index (χ0n) is 10.1. The van der Waals surface area contributed by atoms with E-state index in [0.717, 1.165) is 5.56 Å². The molecule has 3 nitrogen and oxygen atoms in total. The van der Waals surface area contributed by atoms with Gasteiger partial charge >= 0.3 is 0 Å². The van der Waals surface area contributed by atoms with Crippen LogP contribution >= 0.6 is 10.7 Å². The smallest absolute Gasteiger partial charge is 0.261 e. The lowest BCUT2D eigenvalue weighted by atomic mass is 9.98. The summed E-state index contributed by atoms with van der Waals surface area (Å²) < 4.78 is 22.8. The van der Waals surface area contributed by atoms with Crippen LogP contribution in [-0.2, 0) is 9.05 Å². The highest BCUT2D eigenvalue weighted by atomic mass is 35.7. The van der Waals surface area contributed by atoms with E-state index in [2.05, 4.69) is 0 Å². The molecule has 0 bridgehead atoms. The second kappa shape index (κ2) is 5.15. The lowest BCUT2D eigenvalue weighted by Crippen LogP contribution is -1.99. The molecule has 0 aliphatic carbocycles. The number of benzene rings is 2. The number of ketones is 1. The third-order valence-electron chi connectivity index (χ3n) is 2.74. The Balaban J connectivity index is 2.72. The lowest BCUT2D eigenvalue weighted by molar-refractivity contribution is 0.101. The van der Waals surface area contributed by atoms with Crippen molar-refractivity contribution in [3.63, 3.8) is 0 Å². The van der Waals surface area contributed by atoms with Gasteiger partial charge in [0.2, 0.25) is 0 Å². The van der Waals surface area contributed by atoms with Crippen molar-refractivity contribution in [3.05, 3.63) is 54.1 Å². The summed E-state index contributed by atoms with van der Waals surface area (Å²) in [5, 5.41) is 0. The summed E-state index contributed by atoms with van der Waals surface area (Å²) in [6, 6.07) is 13.4. The molecule has 0 aliphatic rings. The lowest BCUT2D eigenvalue weighted by Gasteiger charge is -2.08. The molecule has 98 valence electrons. The molecule has 0 spiro atoms. The van der Waals surface area contributed by atoms with Crippen LogP contribution in [0.3, 0.4) is 0 Å². The van der Waals surface area contributed by atoms with E-state index in [1.165, 1.54) is 25.1 Å². The second-order valence-electron chi connectivity index (χ2n) is 4.07. The number of halogens is 1. The SMILES string of the molecule is CC(=O)c1ccc(S(=O)(=O)Cl)cc1-c1ccccc1. The molecule has 0 heterocycles. The van der Waals surface area contributed by atoms with Gasteiger partial charge in [-0.15, -0.1) is 0 Å². The van der Waals surface area contributed by atoms with Gasteiger partial charge in [0.25, 0.3) is 9.05 Å². The van der Waals surface area contributed by atoms with Crippen molar-refractivity contribution >= 4 is 25.5 Å². The van der Waals surface area contributed by atoms with E-state index in [0.29, 0.717) is 11.1 Å². The molecule has 0 radical (unpaired) electrons. The Hall–Kier alpha value is -1.65. The maximum atomic E-state index is 11.6. The minimum absolute atomic E-state index is 0.0157. The summed E-state index contributed by atoms with van der Waals surface area (Å²) in [5.41, 5.74) is 1.81. The van der Waals surface area contributed by atoms with Crippen molar-refractivity contribution in [3.8, 4) is 11.1 Å². The van der Waals surface area contributed by atoms with Crippen LogP contribution in [0.2, 0.25) is 0 Å². The molecule has 0 amide bonds. The number of carbonyl (C=O) groups excluding carboxylic acids is 1. The first-order valence-corrected chi connectivity index (χ1v) is 7.85. The molecule has 0 saturated heterocycles. The number of carbonyl (C=O) groups is 1. The van der Waals surface area contributed by atoms with Gasteiger partial charge in [0.15, 0.2) is 5.78 Å². The second-order valence-corrected chi connectivity index (χ2v) is 6.63. The van der Waals surface area contributed by atoms with Crippen LogP contribution in [0.5, 0.6) is 0 Å². The van der Waals surface area contributed by atoms with E-state index >= 15 is 0 Å². The predicted octanol–water partition coefficient (Wildman–Crippen LogP) is 3.48. The molecule has 0 fully saturated rings. The summed E-state index contributed by atoms with van der Waals surface area (Å²) >= 11 is 0. The molecule has 0 aliphatic heterocycles. The van der Waals surface area contributed by atoms with Gasteiger partial charge in [0.05, 0.1) is 4.90 Å². The van der Waals surface area contributed by atoms with Gasteiger partial charge in [-0.25, -0.2) is 8.42 Å². The molecule has 0 atom stereocenters. The molecular weight excluding hydrogens is 284 g/mol. The Bertz CT molecular complexity index is 722. The average Bonchev–Trinajstić information content (AvgIpc) is 2.38. The minimum atomic E-state index is -3.81. The maximum Gasteiger partial charge on any atom is 0.261 e. The highest BCUT2D eigenvalue weighted by Crippen LogP contribution is 2.28. The van der Waals surface area contributed by atoms with E-state index in [1.807, 2.05) is 30.3 Å². The molecule has 5 heteroatoms. The Labute approximate surface area is 116 Å². The van der Waals surface area contributed by atoms with E-state index in [-0.39, 0.29) is 10.7 Å². The Morgan fingerprint density at radius 1 is 1.05 bits per heavy atom. The molecular formula is C14H11ClO3S. The largest absolute Gasteiger partial charge is 0.294 e. The molecule has 2 aromatic carbocycles. The summed E-state index contributed by atoms with van der Waals surface area (Å²) in [6.45, 7) is 1.44. The standard InChI is InChI=1S/C14H11ClO3S/c1-10(16)13-8-7-12(19(15,17)18)9-14(13)11-5-3-2-4-6-11/h2-9H,1H3. The van der Waals surface area contributed by atoms with Crippen LogP contribution in [0.25, 0.3) is 11.1 Å². The molecule has 19 heavy (non-hydrogen) atoms. The van der Waals surface area contributed by atoms with Crippen molar-refractivity contribution in [1.29, 1.82) is 0 Å². The zero-order chi connectivity index (χ0) is 14.0. The van der Waals surface area contributed by atoms with E-state index in [4.69, 9.17) is 10.7 Å². The first kappa shape index (κ1) is 13.8. The summed E-state index contributed by atoms with van der Waals surface area (Å²) in [5.74, 6) is -0.127. The van der Waals surface area contributed by atoms with Crippen LogP contribution < -0.4 is 0 Å². The maximum absolute atomic E-state index is 11.6. The van der Waals surface area contributed by atoms with Crippen LogP contribution in [0.4, 0.5) is 0 Å². The fourth-order valence-corrected chi connectivity index (χ4v) is 2.62. The van der Waals surface area contributed by atoms with Gasteiger partial charge < -0.3 is 0 Å². The van der Waals surface area contributed by atoms with Crippen molar-refractivity contribution < 1.29 is 13.2 Å². The Kier molecular flexibility index (Phi) is 3.73. The third-order valence-corrected chi connectivity index (χ3v) is 4.09. The van der Waals surface area contributed by atoms with Gasteiger partial charge in [-0.05, 0) is 36.2 Å². The Morgan fingerprint density at radius 2 is 1.68 bits per heavy atom. The van der Waals surface area contributed by atoms with Gasteiger partial charge in [-0.2, -0.15) is 0 Å². The van der Waals surface area contributed by atoms with Crippen molar-refractivity contribution in [1.82, 2.24) is 0 Å². The molecule has 0 N–H and O–H groups in total. The Morgan fingerprint density at radius 3 is 2.21 bits per heavy atom. The van der Waals surface area contributed by atoms with Crippen molar-refractivity contribution in [2.24, 2.45) is 0 Å². The highest BCUT2D eigenvalue weighted by Gasteiger charge is 2.15. The normalized spacial score (nSPS) is 11.3. The summed E-state index contributed by atoms with van der Waals surface area (Å²) in [4.78, 5) is 11.6. The monoisotopic (exact) mass is 294 g/mol. The van der Waals surface area contributed by atoms with Crippen LogP contribution in [0, 0.1) is 0 Å². The quantitative estimate of drug-likeness (QED) is 0.643. The topological polar surface area (TPSA) is 51.2 Å². The summed E-state index contributed by atoms with van der Waals surface area (Å²) in [7, 11) is 1.52. The third kappa shape index (κ3) is 3.03. The number of hydrogen-bond donors (Lipinski definition) is 0. The molecule has 2 rings (SSSR count). The molecule has 2 aromatic rings. The first-order chi connectivity index (χ1) is 8.89. The highest BCUT2D eigenvalue weighted by molar-refractivity contribution is 8.13. The fourth-order valence-electron chi connectivity index (χ4n) is 1.84. The summed E-state index contributed by atoms with van der Waals surface area (Å²) in [6.07, 6.45) is 0. The van der Waals surface area contributed by atoms with Gasteiger partial charge in [-0.3, -0.25) is 4.79 Å². The van der Waals surface area contributed by atoms with Crippen LogP contribution in [-0.4, -0.2) is 14.2 Å². The predicted molar refractivity (Wildman–Crippen MR) is 74.9 cm³/mol. The average molecular weight is 295 g/mol. The number of Topliss-reactive ketones (excluding diaryl/α,β-unsaturated/α-hetero) is 1. The zero-order valence-corrected chi connectivity index (χ0v) is 11.7. The molecule has 0 aromatic heterocycles. The van der Waals surface area contributed by atoms with Crippen LogP contribution in [0.15, 0.2) is 53.4 Å². The number of rotatable bonds is 3. The van der Waals surface area contributed by atoms with Crippen molar-refractivity contribution in [2.45, 2.75) is 11.8 Å². The van der Waals surface area contributed by atoms with E-state index in [9.17, 15) is 13.2 Å². The van der Waals surface area contributed by atoms with Gasteiger partial charge in [0, 0.05) is 16.2 Å². The van der Waals surface area contributed by atoms with Crippen LogP contribution in [0.1, 0.15) is 17.3 Å². The van der Waals surface area contributed by atoms with Gasteiger partial charge in [0.1, 0.15) is 0 Å². The first-order valence-electron chi connectivity index (χ1n) is 5.54. The van der Waals surface area contributed by atoms with Gasteiger partial charge in [-0.1, -0.05) is 30.3 Å². The van der Waals surface area contributed by atoms with E-state index < -0.39 is 9.05 Å². The van der Waals surface area contributed by atoms with Crippen molar-refractivity contribution in [2.75, 3.05) is 0 Å². The fraction of sp³-hybridized carbons (Fsp3) is 0.0714. The molecule has 0 unspecified atom stereocenters. The molecule has 0 saturated carbocycles. The van der Waals surface area contributed by atoms with E-state index in [1.54, 1.807) is 0 Å². The minimum Gasteiger partial charge on any atom is -0.294 e.